The summed E-state index contributed by atoms with van der Waals surface area (Å²) in [4.78, 5) is 0. The number of hydrazine groups is 1. The average Bonchev–Trinajstić information content (AvgIpc) is 2.44. The van der Waals surface area contributed by atoms with E-state index in [9.17, 15) is 4.39 Å². The molecule has 19 heavy (non-hydrogen) atoms. The highest BCUT2D eigenvalue weighted by Crippen LogP contribution is 2.32. The molecule has 1 fully saturated rings. The predicted molar refractivity (Wildman–Crippen MR) is 77.4 cm³/mol. The summed E-state index contributed by atoms with van der Waals surface area (Å²) in [6.45, 7) is 0.769. The Morgan fingerprint density at radius 3 is 2.95 bits per heavy atom. The van der Waals surface area contributed by atoms with Crippen molar-refractivity contribution >= 4 is 27.5 Å². The van der Waals surface area contributed by atoms with E-state index in [1.165, 1.54) is 0 Å². The summed E-state index contributed by atoms with van der Waals surface area (Å²) in [7, 11) is 0. The van der Waals surface area contributed by atoms with E-state index in [1.807, 2.05) is 0 Å². The van der Waals surface area contributed by atoms with Gasteiger partial charge in [-0.25, -0.2) is 4.39 Å². The molecule has 0 spiro atoms. The number of halogens is 3. The van der Waals surface area contributed by atoms with Gasteiger partial charge in [0.1, 0.15) is 5.82 Å². The Labute approximate surface area is 125 Å². The third kappa shape index (κ3) is 3.67. The Bertz CT molecular complexity index is 441. The van der Waals surface area contributed by atoms with E-state index in [4.69, 9.17) is 22.2 Å². The molecule has 3 N–H and O–H groups in total. The second-order valence-electron chi connectivity index (χ2n) is 4.71. The van der Waals surface area contributed by atoms with E-state index < -0.39 is 5.82 Å². The first kappa shape index (κ1) is 15.2. The first-order valence-electron chi connectivity index (χ1n) is 6.34. The zero-order chi connectivity index (χ0) is 13.8. The van der Waals surface area contributed by atoms with E-state index in [0.29, 0.717) is 16.5 Å². The van der Waals surface area contributed by atoms with Gasteiger partial charge in [-0.1, -0.05) is 17.7 Å². The molecule has 1 aromatic rings. The summed E-state index contributed by atoms with van der Waals surface area (Å²) < 4.78 is 20.4. The minimum atomic E-state index is -0.435. The van der Waals surface area contributed by atoms with Crippen LogP contribution in [0.25, 0.3) is 0 Å². The van der Waals surface area contributed by atoms with Crippen molar-refractivity contribution in [1.29, 1.82) is 0 Å². The van der Waals surface area contributed by atoms with Crippen molar-refractivity contribution in [3.05, 3.63) is 33.0 Å². The summed E-state index contributed by atoms with van der Waals surface area (Å²) in [5.41, 5.74) is 3.14. The number of hydrogen-bond donors (Lipinski definition) is 2. The normalized spacial score (nSPS) is 21.4. The third-order valence-electron chi connectivity index (χ3n) is 3.41. The molecule has 106 valence electrons. The molecule has 0 saturated carbocycles. The van der Waals surface area contributed by atoms with Crippen LogP contribution in [0.3, 0.4) is 0 Å². The van der Waals surface area contributed by atoms with Gasteiger partial charge in [-0.3, -0.25) is 11.3 Å². The molecule has 1 aliphatic heterocycles. The molecular formula is C13H17BrClFN2O. The summed E-state index contributed by atoms with van der Waals surface area (Å²) >= 11 is 9.11. The van der Waals surface area contributed by atoms with Gasteiger partial charge in [-0.2, -0.15) is 0 Å². The van der Waals surface area contributed by atoms with E-state index in [0.717, 1.165) is 25.9 Å². The van der Waals surface area contributed by atoms with E-state index >= 15 is 0 Å². The predicted octanol–water partition coefficient (Wildman–Crippen LogP) is 3.71. The Morgan fingerprint density at radius 1 is 1.53 bits per heavy atom. The summed E-state index contributed by atoms with van der Waals surface area (Å²) in [5, 5.41) is 0.0855. The van der Waals surface area contributed by atoms with E-state index in [2.05, 4.69) is 21.4 Å². The van der Waals surface area contributed by atoms with Crippen LogP contribution in [0, 0.1) is 5.82 Å². The van der Waals surface area contributed by atoms with Crippen LogP contribution in [0.15, 0.2) is 16.6 Å². The molecule has 2 unspecified atom stereocenters. The quantitative estimate of drug-likeness (QED) is 0.494. The van der Waals surface area contributed by atoms with Gasteiger partial charge < -0.3 is 4.74 Å². The molecule has 1 saturated heterocycles. The molecule has 3 nitrogen and oxygen atoms in total. The number of nitrogens with one attached hydrogen (secondary N) is 1. The van der Waals surface area contributed by atoms with Gasteiger partial charge in [0.15, 0.2) is 0 Å². The van der Waals surface area contributed by atoms with Crippen molar-refractivity contribution in [1.82, 2.24) is 5.43 Å². The van der Waals surface area contributed by atoms with Crippen molar-refractivity contribution in [3.63, 3.8) is 0 Å². The maximum Gasteiger partial charge on any atom is 0.147 e. The fourth-order valence-corrected chi connectivity index (χ4v) is 2.83. The molecule has 0 bridgehead atoms. The largest absolute Gasteiger partial charge is 0.378 e. The number of benzene rings is 1. The number of rotatable bonds is 4. The van der Waals surface area contributed by atoms with Crippen molar-refractivity contribution in [2.75, 3.05) is 6.61 Å². The number of hydrogen-bond acceptors (Lipinski definition) is 3. The maximum absolute atomic E-state index is 14.2. The lowest BCUT2D eigenvalue weighted by atomic mass is 9.97. The van der Waals surface area contributed by atoms with Gasteiger partial charge in [0.2, 0.25) is 0 Å². The second-order valence-corrected chi connectivity index (χ2v) is 5.94. The second kappa shape index (κ2) is 6.99. The molecule has 0 aromatic heterocycles. The Balaban J connectivity index is 2.14. The Hall–Kier alpha value is -0.200. The molecule has 0 aliphatic carbocycles. The highest BCUT2D eigenvalue weighted by molar-refractivity contribution is 9.10. The van der Waals surface area contributed by atoms with E-state index in [-0.39, 0.29) is 17.2 Å². The first-order valence-corrected chi connectivity index (χ1v) is 7.51. The molecule has 0 amide bonds. The van der Waals surface area contributed by atoms with Gasteiger partial charge in [0.25, 0.3) is 0 Å². The molecule has 6 heteroatoms. The zero-order valence-corrected chi connectivity index (χ0v) is 12.8. The zero-order valence-electron chi connectivity index (χ0n) is 10.5. The van der Waals surface area contributed by atoms with Crippen molar-refractivity contribution in [3.8, 4) is 0 Å². The van der Waals surface area contributed by atoms with Gasteiger partial charge in [0, 0.05) is 16.6 Å². The lowest BCUT2D eigenvalue weighted by molar-refractivity contribution is 0.00483. The molecule has 2 atom stereocenters. The minimum Gasteiger partial charge on any atom is -0.378 e. The van der Waals surface area contributed by atoms with Crippen LogP contribution in [0.4, 0.5) is 4.39 Å². The molecule has 1 aromatic carbocycles. The SMILES string of the molecule is NNC(CC1CCCCO1)c1ccc(Br)c(Cl)c1F. The van der Waals surface area contributed by atoms with Crippen molar-refractivity contribution in [2.45, 2.75) is 37.8 Å². The molecular weight excluding hydrogens is 335 g/mol. The topological polar surface area (TPSA) is 47.3 Å². The van der Waals surface area contributed by atoms with Crippen LogP contribution in [-0.2, 0) is 4.74 Å². The average molecular weight is 352 g/mol. The van der Waals surface area contributed by atoms with Crippen molar-refractivity contribution < 1.29 is 9.13 Å². The molecule has 2 rings (SSSR count). The fourth-order valence-electron chi connectivity index (χ4n) is 2.35. The lowest BCUT2D eigenvalue weighted by Crippen LogP contribution is -2.33. The number of nitrogens with two attached hydrogens (primary N) is 1. The molecule has 0 radical (unpaired) electrons. The highest BCUT2D eigenvalue weighted by atomic mass is 79.9. The fraction of sp³-hybridized carbons (Fsp3) is 0.538. The van der Waals surface area contributed by atoms with Gasteiger partial charge in [-0.05, 0) is 47.7 Å². The standard InChI is InChI=1S/C13H17BrClFN2O/c14-10-5-4-9(13(16)12(10)15)11(18-17)7-8-3-1-2-6-19-8/h4-5,8,11,18H,1-3,6-7,17H2. The summed E-state index contributed by atoms with van der Waals surface area (Å²) in [6, 6.07) is 3.12. The smallest absolute Gasteiger partial charge is 0.147 e. The molecule has 1 heterocycles. The van der Waals surface area contributed by atoms with Crippen LogP contribution in [0.1, 0.15) is 37.3 Å². The summed E-state index contributed by atoms with van der Waals surface area (Å²) in [6.07, 6.45) is 3.99. The molecule has 1 aliphatic rings. The maximum atomic E-state index is 14.2. The van der Waals surface area contributed by atoms with Gasteiger partial charge >= 0.3 is 0 Å². The van der Waals surface area contributed by atoms with Crippen LogP contribution in [0.2, 0.25) is 5.02 Å². The highest BCUT2D eigenvalue weighted by Gasteiger charge is 2.23. The van der Waals surface area contributed by atoms with E-state index in [1.54, 1.807) is 12.1 Å². The van der Waals surface area contributed by atoms with Crippen LogP contribution < -0.4 is 11.3 Å². The number of ether oxygens (including phenoxy) is 1. The van der Waals surface area contributed by atoms with Gasteiger partial charge in [-0.15, -0.1) is 0 Å². The Morgan fingerprint density at radius 2 is 2.32 bits per heavy atom. The van der Waals surface area contributed by atoms with Crippen LogP contribution in [0.5, 0.6) is 0 Å². The monoisotopic (exact) mass is 350 g/mol. The minimum absolute atomic E-state index is 0.0855. The van der Waals surface area contributed by atoms with Crippen LogP contribution >= 0.6 is 27.5 Å². The lowest BCUT2D eigenvalue weighted by Gasteiger charge is -2.27. The first-order chi connectivity index (χ1) is 9.13. The Kier molecular flexibility index (Phi) is 5.59. The van der Waals surface area contributed by atoms with Crippen molar-refractivity contribution in [2.24, 2.45) is 5.84 Å². The summed E-state index contributed by atoms with van der Waals surface area (Å²) in [5.74, 6) is 5.12. The third-order valence-corrected chi connectivity index (χ3v) is 4.67. The van der Waals surface area contributed by atoms with Crippen LogP contribution in [-0.4, -0.2) is 12.7 Å². The van der Waals surface area contributed by atoms with Gasteiger partial charge in [0.05, 0.1) is 17.2 Å².